The average molecular weight is 253 g/mol. The van der Waals surface area contributed by atoms with E-state index in [2.05, 4.69) is 10.1 Å². The molecule has 0 radical (unpaired) electrons. The molecule has 1 amide bonds. The lowest BCUT2D eigenvalue weighted by Crippen LogP contribution is -2.32. The Morgan fingerprint density at radius 1 is 1.31 bits per heavy atom. The van der Waals surface area contributed by atoms with Gasteiger partial charge in [-0.1, -0.05) is 6.92 Å². The third-order valence-electron chi connectivity index (χ3n) is 1.63. The minimum absolute atomic E-state index is 0.00539. The van der Waals surface area contributed by atoms with E-state index in [1.807, 2.05) is 0 Å². The average Bonchev–Trinajstić information content (AvgIpc) is 2.17. The summed E-state index contributed by atoms with van der Waals surface area (Å²) in [6, 6.07) is 0. The lowest BCUT2D eigenvalue weighted by Gasteiger charge is -2.04. The maximum atomic E-state index is 11.0. The highest BCUT2D eigenvalue weighted by molar-refractivity contribution is 7.91. The number of hydrogen-bond acceptors (Lipinski definition) is 5. The molecule has 0 heterocycles. The van der Waals surface area contributed by atoms with Crippen LogP contribution in [0, 0.1) is 0 Å². The number of rotatable bonds is 8. The van der Waals surface area contributed by atoms with Gasteiger partial charge in [0.05, 0.1) is 5.75 Å². The number of carbonyl (C=O) groups excluding carboxylic acids is 1. The summed E-state index contributed by atoms with van der Waals surface area (Å²) in [6.07, 6.45) is 0. The summed E-state index contributed by atoms with van der Waals surface area (Å²) in [4.78, 5) is 21.0. The predicted molar refractivity (Wildman–Crippen MR) is 55.8 cm³/mol. The first-order valence-electron chi connectivity index (χ1n) is 4.64. The van der Waals surface area contributed by atoms with Gasteiger partial charge in [0.1, 0.15) is 13.2 Å². The number of hydrogen-bond donors (Lipinski definition) is 2. The molecule has 94 valence electrons. The summed E-state index contributed by atoms with van der Waals surface area (Å²) in [5.74, 6) is -1.80. The van der Waals surface area contributed by atoms with Crippen LogP contribution in [0.3, 0.4) is 0 Å². The van der Waals surface area contributed by atoms with Crippen molar-refractivity contribution in [2.24, 2.45) is 0 Å². The molecule has 0 saturated heterocycles. The van der Waals surface area contributed by atoms with E-state index in [1.165, 1.54) is 6.92 Å². The Balaban J connectivity index is 3.63. The van der Waals surface area contributed by atoms with Crippen molar-refractivity contribution in [1.29, 1.82) is 0 Å². The van der Waals surface area contributed by atoms with Crippen molar-refractivity contribution in [1.82, 2.24) is 5.32 Å². The van der Waals surface area contributed by atoms with E-state index >= 15 is 0 Å². The van der Waals surface area contributed by atoms with Crippen LogP contribution in [0.5, 0.6) is 0 Å². The standard InChI is InChI=1S/C8H15NO6S/c1-2-16(13,14)4-3-9-7(10)5-15-6-8(11)12/h2-6H2,1H3,(H,9,10)(H,11,12). The lowest BCUT2D eigenvalue weighted by molar-refractivity contribution is -0.143. The zero-order chi connectivity index (χ0) is 12.6. The second-order valence-electron chi connectivity index (χ2n) is 2.97. The van der Waals surface area contributed by atoms with E-state index in [-0.39, 0.29) is 18.1 Å². The molecule has 0 fully saturated rings. The maximum Gasteiger partial charge on any atom is 0.329 e. The highest BCUT2D eigenvalue weighted by Gasteiger charge is 2.08. The highest BCUT2D eigenvalue weighted by atomic mass is 32.2. The number of carbonyl (C=O) groups is 2. The fourth-order valence-electron chi connectivity index (χ4n) is 0.772. The van der Waals surface area contributed by atoms with Gasteiger partial charge >= 0.3 is 5.97 Å². The fraction of sp³-hybridized carbons (Fsp3) is 0.750. The normalized spacial score (nSPS) is 11.1. The summed E-state index contributed by atoms with van der Waals surface area (Å²) in [7, 11) is -3.10. The molecule has 0 aliphatic heterocycles. The zero-order valence-electron chi connectivity index (χ0n) is 8.93. The van der Waals surface area contributed by atoms with Crippen molar-refractivity contribution in [3.8, 4) is 0 Å². The van der Waals surface area contributed by atoms with Crippen LogP contribution in [0.15, 0.2) is 0 Å². The van der Waals surface area contributed by atoms with Gasteiger partial charge in [-0.3, -0.25) is 4.79 Å². The fourth-order valence-corrected chi connectivity index (χ4v) is 1.47. The molecule has 0 aromatic carbocycles. The topological polar surface area (TPSA) is 110 Å². The first kappa shape index (κ1) is 14.8. The molecule has 0 saturated carbocycles. The van der Waals surface area contributed by atoms with Crippen LogP contribution in [-0.2, 0) is 24.2 Å². The number of nitrogens with one attached hydrogen (secondary N) is 1. The molecule has 0 aliphatic carbocycles. The van der Waals surface area contributed by atoms with Crippen molar-refractivity contribution in [2.75, 3.05) is 31.3 Å². The van der Waals surface area contributed by atoms with Gasteiger partial charge < -0.3 is 15.2 Å². The van der Waals surface area contributed by atoms with Gasteiger partial charge in [-0.25, -0.2) is 13.2 Å². The molecule has 0 aromatic rings. The van der Waals surface area contributed by atoms with Gasteiger partial charge in [-0.05, 0) is 0 Å². The van der Waals surface area contributed by atoms with Crippen LogP contribution >= 0.6 is 0 Å². The molecule has 0 unspecified atom stereocenters. The SMILES string of the molecule is CCS(=O)(=O)CCNC(=O)COCC(=O)O. The second kappa shape index (κ2) is 7.18. The van der Waals surface area contributed by atoms with Crippen LogP contribution in [0.1, 0.15) is 6.92 Å². The van der Waals surface area contributed by atoms with Gasteiger partial charge in [-0.2, -0.15) is 0 Å². The Bertz CT molecular complexity index is 336. The summed E-state index contributed by atoms with van der Waals surface area (Å²) < 4.78 is 26.6. The Morgan fingerprint density at radius 2 is 1.94 bits per heavy atom. The van der Waals surface area contributed by atoms with E-state index in [0.717, 1.165) is 0 Å². The lowest BCUT2D eigenvalue weighted by atomic mass is 10.6. The number of sulfone groups is 1. The molecule has 8 heteroatoms. The van der Waals surface area contributed by atoms with Gasteiger partial charge in [-0.15, -0.1) is 0 Å². The molecule has 0 aliphatic rings. The van der Waals surface area contributed by atoms with E-state index in [1.54, 1.807) is 0 Å². The third kappa shape index (κ3) is 8.18. The Morgan fingerprint density at radius 3 is 2.44 bits per heavy atom. The summed E-state index contributed by atoms with van der Waals surface area (Å²) in [5, 5.41) is 10.5. The quantitative estimate of drug-likeness (QED) is 0.553. The molecule has 0 aromatic heterocycles. The Hall–Kier alpha value is -1.15. The van der Waals surface area contributed by atoms with Crippen molar-refractivity contribution >= 4 is 21.7 Å². The molecule has 0 bridgehead atoms. The van der Waals surface area contributed by atoms with Gasteiger partial charge in [0.25, 0.3) is 0 Å². The van der Waals surface area contributed by atoms with E-state index < -0.39 is 34.9 Å². The predicted octanol–water partition coefficient (Wildman–Crippen LogP) is -1.36. The zero-order valence-corrected chi connectivity index (χ0v) is 9.75. The molecule has 16 heavy (non-hydrogen) atoms. The van der Waals surface area contributed by atoms with Crippen molar-refractivity contribution in [3.05, 3.63) is 0 Å². The van der Waals surface area contributed by atoms with Gasteiger partial charge in [0.2, 0.25) is 5.91 Å². The number of carboxylic acids is 1. The summed E-state index contributed by atoms with van der Waals surface area (Å²) in [5.41, 5.74) is 0. The molecule has 2 N–H and O–H groups in total. The van der Waals surface area contributed by atoms with Crippen LogP contribution in [-0.4, -0.2) is 56.7 Å². The van der Waals surface area contributed by atoms with Crippen molar-refractivity contribution < 1.29 is 27.9 Å². The molecular formula is C8H15NO6S. The van der Waals surface area contributed by atoms with Crippen molar-refractivity contribution in [3.63, 3.8) is 0 Å². The number of aliphatic carboxylic acids is 1. The number of carboxylic acid groups (broad SMARTS) is 1. The monoisotopic (exact) mass is 253 g/mol. The number of ether oxygens (including phenoxy) is 1. The van der Waals surface area contributed by atoms with Crippen molar-refractivity contribution in [2.45, 2.75) is 6.92 Å². The van der Waals surface area contributed by atoms with E-state index in [4.69, 9.17) is 5.11 Å². The first-order chi connectivity index (χ1) is 7.37. The minimum atomic E-state index is -3.10. The van der Waals surface area contributed by atoms with E-state index in [0.29, 0.717) is 0 Å². The first-order valence-corrected chi connectivity index (χ1v) is 6.46. The molecule has 0 atom stereocenters. The highest BCUT2D eigenvalue weighted by Crippen LogP contribution is 1.87. The Kier molecular flexibility index (Phi) is 6.66. The smallest absolute Gasteiger partial charge is 0.329 e. The van der Waals surface area contributed by atoms with Crippen LogP contribution in [0.4, 0.5) is 0 Å². The maximum absolute atomic E-state index is 11.0. The third-order valence-corrected chi connectivity index (χ3v) is 3.34. The minimum Gasteiger partial charge on any atom is -0.480 e. The molecule has 7 nitrogen and oxygen atoms in total. The summed E-state index contributed by atoms with van der Waals surface area (Å²) >= 11 is 0. The van der Waals surface area contributed by atoms with Crippen LogP contribution in [0.25, 0.3) is 0 Å². The largest absolute Gasteiger partial charge is 0.480 e. The van der Waals surface area contributed by atoms with E-state index in [9.17, 15) is 18.0 Å². The molecule has 0 rings (SSSR count). The van der Waals surface area contributed by atoms with Crippen LogP contribution in [0.2, 0.25) is 0 Å². The van der Waals surface area contributed by atoms with Crippen LogP contribution < -0.4 is 5.32 Å². The summed E-state index contributed by atoms with van der Waals surface area (Å²) in [6.45, 7) is 0.581. The van der Waals surface area contributed by atoms with Gasteiger partial charge in [0, 0.05) is 12.3 Å². The second-order valence-corrected chi connectivity index (χ2v) is 5.45. The Labute approximate surface area is 93.7 Å². The molecular weight excluding hydrogens is 238 g/mol. The molecule has 0 spiro atoms. The van der Waals surface area contributed by atoms with Gasteiger partial charge in [0.15, 0.2) is 9.84 Å². The number of amides is 1.